The SMILES string of the molecule is CCOc1ccc(S(F)(F)(F)(F)F)cc1C=O. The van der Waals surface area contributed by atoms with Crippen molar-refractivity contribution in [1.82, 2.24) is 0 Å². The van der Waals surface area contributed by atoms with Crippen LogP contribution in [0.2, 0.25) is 0 Å². The van der Waals surface area contributed by atoms with E-state index in [0.717, 1.165) is 0 Å². The molecule has 98 valence electrons. The lowest BCUT2D eigenvalue weighted by atomic mass is 10.2. The lowest BCUT2D eigenvalue weighted by Crippen LogP contribution is -2.07. The summed E-state index contributed by atoms with van der Waals surface area (Å²) in [5, 5.41) is 0. The van der Waals surface area contributed by atoms with Crippen LogP contribution in [0.1, 0.15) is 17.3 Å². The highest BCUT2D eigenvalue weighted by Crippen LogP contribution is 3.02. The third-order valence-corrected chi connectivity index (χ3v) is 3.00. The largest absolute Gasteiger partial charge is 0.493 e. The quantitative estimate of drug-likeness (QED) is 0.595. The van der Waals surface area contributed by atoms with Crippen LogP contribution < -0.4 is 4.74 Å². The zero-order valence-corrected chi connectivity index (χ0v) is 9.45. The molecule has 17 heavy (non-hydrogen) atoms. The molecule has 8 heteroatoms. The van der Waals surface area contributed by atoms with Gasteiger partial charge in [-0.05, 0) is 25.1 Å². The Balaban J connectivity index is 3.39. The number of ether oxygens (including phenoxy) is 1. The van der Waals surface area contributed by atoms with Crippen LogP contribution >= 0.6 is 10.2 Å². The van der Waals surface area contributed by atoms with Crippen LogP contribution in [0.25, 0.3) is 0 Å². The number of halogens is 5. The molecule has 0 spiro atoms. The maximum Gasteiger partial charge on any atom is 0.310 e. The van der Waals surface area contributed by atoms with Crippen molar-refractivity contribution in [2.45, 2.75) is 11.8 Å². The van der Waals surface area contributed by atoms with Gasteiger partial charge in [0, 0.05) is 0 Å². The third-order valence-electron chi connectivity index (χ3n) is 1.85. The number of carbonyl (C=O) groups excluding carboxylic acids is 1. The molecule has 0 aliphatic heterocycles. The van der Waals surface area contributed by atoms with Gasteiger partial charge in [0.05, 0.1) is 12.2 Å². The van der Waals surface area contributed by atoms with Gasteiger partial charge in [-0.15, -0.1) is 0 Å². The number of hydrogen-bond acceptors (Lipinski definition) is 2. The number of hydrogen-bond donors (Lipinski definition) is 0. The van der Waals surface area contributed by atoms with Gasteiger partial charge >= 0.3 is 10.2 Å². The van der Waals surface area contributed by atoms with Crippen molar-refractivity contribution in [3.8, 4) is 5.75 Å². The highest BCUT2D eigenvalue weighted by molar-refractivity contribution is 8.45. The van der Waals surface area contributed by atoms with E-state index in [1.807, 2.05) is 0 Å². The molecular weight excluding hydrogens is 267 g/mol. The lowest BCUT2D eigenvalue weighted by molar-refractivity contribution is 0.111. The molecule has 2 nitrogen and oxygen atoms in total. The van der Waals surface area contributed by atoms with E-state index in [-0.39, 0.29) is 30.8 Å². The second-order valence-corrected chi connectivity index (χ2v) is 5.63. The molecule has 1 rings (SSSR count). The third kappa shape index (κ3) is 3.32. The first-order chi connectivity index (χ1) is 7.47. The summed E-state index contributed by atoms with van der Waals surface area (Å²) >= 11 is 0. The van der Waals surface area contributed by atoms with Gasteiger partial charge in [0.15, 0.2) is 6.29 Å². The van der Waals surface area contributed by atoms with Crippen molar-refractivity contribution in [2.75, 3.05) is 6.61 Å². The Bertz CT molecular complexity index is 453. The van der Waals surface area contributed by atoms with Gasteiger partial charge < -0.3 is 4.74 Å². The van der Waals surface area contributed by atoms with E-state index in [1.165, 1.54) is 0 Å². The topological polar surface area (TPSA) is 26.3 Å². The Morgan fingerprint density at radius 1 is 1.24 bits per heavy atom. The fraction of sp³-hybridized carbons (Fsp3) is 0.222. The second-order valence-electron chi connectivity index (χ2n) is 3.22. The normalized spacial score (nSPS) is 15.9. The van der Waals surface area contributed by atoms with E-state index in [2.05, 4.69) is 0 Å². The summed E-state index contributed by atoms with van der Waals surface area (Å²) in [5.41, 5.74) is -0.558. The summed E-state index contributed by atoms with van der Waals surface area (Å²) in [6.45, 7) is 1.66. The van der Waals surface area contributed by atoms with Gasteiger partial charge in [-0.1, -0.05) is 19.4 Å². The van der Waals surface area contributed by atoms with E-state index in [1.54, 1.807) is 6.92 Å². The summed E-state index contributed by atoms with van der Waals surface area (Å²) < 4.78 is 67.0. The van der Waals surface area contributed by atoms with Crippen molar-refractivity contribution in [1.29, 1.82) is 0 Å². The molecule has 0 aliphatic carbocycles. The highest BCUT2D eigenvalue weighted by atomic mass is 32.5. The monoisotopic (exact) mass is 276 g/mol. The van der Waals surface area contributed by atoms with Crippen LogP contribution in [-0.4, -0.2) is 12.9 Å². The van der Waals surface area contributed by atoms with E-state index in [4.69, 9.17) is 4.74 Å². The molecule has 0 saturated carbocycles. The fourth-order valence-electron chi connectivity index (χ4n) is 1.15. The fourth-order valence-corrected chi connectivity index (χ4v) is 1.82. The molecule has 1 aromatic carbocycles. The first kappa shape index (κ1) is 13.8. The van der Waals surface area contributed by atoms with Gasteiger partial charge in [0.2, 0.25) is 0 Å². The molecule has 1 aromatic rings. The molecule has 0 unspecified atom stereocenters. The molecular formula is C9H9F5O2S. The van der Waals surface area contributed by atoms with E-state index < -0.39 is 20.7 Å². The van der Waals surface area contributed by atoms with Crippen molar-refractivity contribution in [3.05, 3.63) is 23.8 Å². The smallest absolute Gasteiger partial charge is 0.310 e. The average molecular weight is 276 g/mol. The van der Waals surface area contributed by atoms with Crippen molar-refractivity contribution in [2.24, 2.45) is 0 Å². The Hall–Kier alpha value is -1.31. The lowest BCUT2D eigenvalue weighted by Gasteiger charge is -2.40. The van der Waals surface area contributed by atoms with Crippen LogP contribution in [-0.2, 0) is 0 Å². The summed E-state index contributed by atoms with van der Waals surface area (Å²) in [7, 11) is -9.75. The Labute approximate surface area is 94.1 Å². The minimum Gasteiger partial charge on any atom is -0.493 e. The van der Waals surface area contributed by atoms with Gasteiger partial charge in [0.1, 0.15) is 10.6 Å². The van der Waals surface area contributed by atoms with E-state index in [0.29, 0.717) is 6.07 Å². The molecule has 0 saturated heterocycles. The molecule has 0 N–H and O–H groups in total. The molecule has 0 fully saturated rings. The van der Waals surface area contributed by atoms with Gasteiger partial charge in [-0.3, -0.25) is 4.79 Å². The van der Waals surface area contributed by atoms with Gasteiger partial charge in [-0.25, -0.2) is 0 Å². The molecule has 0 bridgehead atoms. The summed E-state index contributed by atoms with van der Waals surface area (Å²) in [4.78, 5) is 8.41. The van der Waals surface area contributed by atoms with Crippen LogP contribution in [0.4, 0.5) is 19.4 Å². The zero-order chi connectivity index (χ0) is 13.4. The summed E-state index contributed by atoms with van der Waals surface area (Å²) in [6.07, 6.45) is 0.0397. The van der Waals surface area contributed by atoms with Crippen molar-refractivity contribution < 1.29 is 29.0 Å². The van der Waals surface area contributed by atoms with E-state index >= 15 is 0 Å². The molecule has 0 aliphatic rings. The highest BCUT2D eigenvalue weighted by Gasteiger charge is 2.65. The average Bonchev–Trinajstić information content (AvgIpc) is 2.15. The second kappa shape index (κ2) is 3.34. The predicted molar refractivity (Wildman–Crippen MR) is 54.4 cm³/mol. The maximum absolute atomic E-state index is 12.4. The van der Waals surface area contributed by atoms with E-state index in [9.17, 15) is 24.2 Å². The van der Waals surface area contributed by atoms with Crippen LogP contribution in [0.5, 0.6) is 5.75 Å². The molecule has 0 atom stereocenters. The van der Waals surface area contributed by atoms with Crippen molar-refractivity contribution >= 4 is 16.5 Å². The van der Waals surface area contributed by atoms with Gasteiger partial charge in [-0.2, -0.15) is 0 Å². The Kier molecular flexibility index (Phi) is 2.71. The van der Waals surface area contributed by atoms with Gasteiger partial charge in [0.25, 0.3) is 0 Å². The number of carbonyl (C=O) groups is 1. The van der Waals surface area contributed by atoms with Crippen LogP contribution in [0.3, 0.4) is 0 Å². The molecule has 0 radical (unpaired) electrons. The van der Waals surface area contributed by atoms with Crippen molar-refractivity contribution in [3.63, 3.8) is 0 Å². The molecule has 0 amide bonds. The Morgan fingerprint density at radius 3 is 2.24 bits per heavy atom. The summed E-state index contributed by atoms with van der Waals surface area (Å²) in [5.74, 6) is -0.159. The number of aldehydes is 1. The Morgan fingerprint density at radius 2 is 1.82 bits per heavy atom. The van der Waals surface area contributed by atoms with Crippen LogP contribution in [0, 0.1) is 0 Å². The summed E-state index contributed by atoms with van der Waals surface area (Å²) in [6, 6.07) is 1.01. The standard InChI is InChI=1S/C9H9F5O2S/c1-2-16-9-4-3-8(5-7(9)6-15)17(10,11,12,13)14/h3-6H,2H2,1H3. The maximum atomic E-state index is 12.4. The number of benzene rings is 1. The molecule has 0 heterocycles. The number of rotatable bonds is 4. The zero-order valence-electron chi connectivity index (χ0n) is 8.63. The van der Waals surface area contributed by atoms with Crippen LogP contribution in [0.15, 0.2) is 23.1 Å². The molecule has 0 aromatic heterocycles. The minimum absolute atomic E-state index is 0.0397. The minimum atomic E-state index is -9.75. The first-order valence-electron chi connectivity index (χ1n) is 4.44. The first-order valence-corrected chi connectivity index (χ1v) is 6.39. The predicted octanol–water partition coefficient (Wildman–Crippen LogP) is 4.56.